The average Bonchev–Trinajstić information content (AvgIpc) is 3.21. The fourth-order valence-electron chi connectivity index (χ4n) is 6.91. The molecule has 1 N–H and O–H groups in total. The van der Waals surface area contributed by atoms with Crippen LogP contribution in [0.25, 0.3) is 0 Å². The van der Waals surface area contributed by atoms with Crippen LogP contribution in [0.15, 0.2) is 60.8 Å². The van der Waals surface area contributed by atoms with Gasteiger partial charge in [0.1, 0.15) is 6.61 Å². The Hall–Kier alpha value is -2.97. The summed E-state index contributed by atoms with van der Waals surface area (Å²) in [5.41, 5.74) is 0. The summed E-state index contributed by atoms with van der Waals surface area (Å²) in [6.07, 6.45) is 52.6. The van der Waals surface area contributed by atoms with Gasteiger partial charge in [-0.1, -0.05) is 177 Å². The minimum Gasteiger partial charge on any atom is -0.477 e. The van der Waals surface area contributed by atoms with E-state index in [-0.39, 0.29) is 36.2 Å². The number of carbonyl (C=O) groups excluding carboxylic acids is 2. The zero-order chi connectivity index (χ0) is 44.2. The van der Waals surface area contributed by atoms with Crippen LogP contribution in [0.2, 0.25) is 0 Å². The van der Waals surface area contributed by atoms with Crippen molar-refractivity contribution in [2.45, 2.75) is 212 Å². The lowest BCUT2D eigenvalue weighted by molar-refractivity contribution is -0.887. The Morgan fingerprint density at radius 3 is 1.30 bits per heavy atom. The number of carbonyl (C=O) groups is 3. The third-order valence-corrected chi connectivity index (χ3v) is 10.7. The second-order valence-corrected chi connectivity index (χ2v) is 17.5. The first kappa shape index (κ1) is 57.0. The number of unbranched alkanes of at least 4 members (excludes halogenated alkanes) is 22. The largest absolute Gasteiger partial charge is 0.477 e. The van der Waals surface area contributed by atoms with Crippen molar-refractivity contribution >= 4 is 17.9 Å². The molecule has 0 aromatic carbocycles. The lowest BCUT2D eigenvalue weighted by Gasteiger charge is -2.31. The maximum absolute atomic E-state index is 12.8. The molecular weight excluding hydrogens is 751 g/mol. The third-order valence-electron chi connectivity index (χ3n) is 10.7. The Bertz CT molecular complexity index is 1170. The van der Waals surface area contributed by atoms with Crippen LogP contribution in [0.1, 0.15) is 200 Å². The topological polar surface area (TPSA) is 99.1 Å². The van der Waals surface area contributed by atoms with E-state index in [1.165, 1.54) is 83.5 Å². The first-order valence-electron chi connectivity index (χ1n) is 24.4. The second-order valence-electron chi connectivity index (χ2n) is 17.5. The normalized spacial score (nSPS) is 13.4. The summed E-state index contributed by atoms with van der Waals surface area (Å²) >= 11 is 0. The lowest BCUT2D eigenvalue weighted by Crippen LogP contribution is -2.50. The van der Waals surface area contributed by atoms with Gasteiger partial charge in [-0.25, -0.2) is 4.79 Å². The SMILES string of the molecule is CCCCCCC/C=C/C=C/C=C/CCCCCCCC(=O)OCC(COCCC(C(=O)O)[N+](C)(C)C)OC(=O)CCCCCCC/C=C/C=C/CCCCCCCCC. The number of allylic oxidation sites excluding steroid dienone is 10. The average molecular weight is 843 g/mol. The second kappa shape index (κ2) is 42.7. The van der Waals surface area contributed by atoms with Crippen LogP contribution in [-0.4, -0.2) is 80.6 Å². The van der Waals surface area contributed by atoms with E-state index in [0.717, 1.165) is 83.5 Å². The molecule has 0 spiro atoms. The van der Waals surface area contributed by atoms with Gasteiger partial charge in [-0.05, 0) is 64.2 Å². The highest BCUT2D eigenvalue weighted by atomic mass is 16.6. The Balaban J connectivity index is 4.37. The number of rotatable bonds is 43. The smallest absolute Gasteiger partial charge is 0.362 e. The van der Waals surface area contributed by atoms with Crippen LogP contribution in [0.4, 0.5) is 0 Å². The number of aliphatic carboxylic acids is 1. The number of esters is 2. The maximum Gasteiger partial charge on any atom is 0.362 e. The molecule has 0 amide bonds. The van der Waals surface area contributed by atoms with E-state index in [2.05, 4.69) is 74.6 Å². The Morgan fingerprint density at radius 2 is 0.883 bits per heavy atom. The van der Waals surface area contributed by atoms with Gasteiger partial charge in [0.2, 0.25) is 0 Å². The molecule has 2 atom stereocenters. The summed E-state index contributed by atoms with van der Waals surface area (Å²) < 4.78 is 17.3. The molecular formula is C52H92NO7+. The van der Waals surface area contributed by atoms with Gasteiger partial charge in [0, 0.05) is 19.3 Å². The summed E-state index contributed by atoms with van der Waals surface area (Å²) in [6, 6.07) is -0.623. The van der Waals surface area contributed by atoms with E-state index in [0.29, 0.717) is 19.3 Å². The number of carboxylic acid groups (broad SMARTS) is 1. The molecule has 0 bridgehead atoms. The Morgan fingerprint density at radius 1 is 0.500 bits per heavy atom. The third kappa shape index (κ3) is 40.4. The standard InChI is InChI=1S/C52H91NO7/c1-6-8-10-12-14-16-18-20-22-24-26-28-30-32-34-36-38-40-42-50(54)59-47-48(46-58-45-44-49(52(56)57)53(3,4)5)60-51(55)43-41-39-37-35-33-31-29-27-25-23-21-19-17-15-13-11-9-7-2/h18,20,22-29,48-49H,6-17,19,21,30-47H2,1-5H3/p+1/b20-18+,24-22+,25-23+,28-26+,29-27+. The first-order chi connectivity index (χ1) is 29.1. The molecule has 0 aromatic rings. The Kier molecular flexibility index (Phi) is 40.6. The molecule has 0 saturated heterocycles. The van der Waals surface area contributed by atoms with Crippen molar-refractivity contribution in [3.63, 3.8) is 0 Å². The minimum atomic E-state index is -0.882. The molecule has 2 unspecified atom stereocenters. The number of hydrogen-bond donors (Lipinski definition) is 1. The van der Waals surface area contributed by atoms with Gasteiger partial charge in [0.25, 0.3) is 0 Å². The number of hydrogen-bond acceptors (Lipinski definition) is 6. The zero-order valence-electron chi connectivity index (χ0n) is 39.4. The highest BCUT2D eigenvalue weighted by Crippen LogP contribution is 2.13. The van der Waals surface area contributed by atoms with Crippen molar-refractivity contribution in [1.29, 1.82) is 0 Å². The van der Waals surface area contributed by atoms with Gasteiger partial charge in [-0.2, -0.15) is 0 Å². The van der Waals surface area contributed by atoms with Crippen molar-refractivity contribution in [3.8, 4) is 0 Å². The van der Waals surface area contributed by atoms with Crippen molar-refractivity contribution in [2.24, 2.45) is 0 Å². The van der Waals surface area contributed by atoms with Gasteiger partial charge < -0.3 is 23.8 Å². The highest BCUT2D eigenvalue weighted by molar-refractivity contribution is 5.72. The minimum absolute atomic E-state index is 0.0461. The monoisotopic (exact) mass is 843 g/mol. The predicted octanol–water partition coefficient (Wildman–Crippen LogP) is 13.8. The van der Waals surface area contributed by atoms with E-state index in [9.17, 15) is 19.5 Å². The molecule has 0 radical (unpaired) electrons. The van der Waals surface area contributed by atoms with Gasteiger partial charge in [-0.15, -0.1) is 0 Å². The van der Waals surface area contributed by atoms with Gasteiger partial charge in [-0.3, -0.25) is 9.59 Å². The van der Waals surface area contributed by atoms with Gasteiger partial charge >= 0.3 is 17.9 Å². The van der Waals surface area contributed by atoms with Crippen molar-refractivity contribution in [1.82, 2.24) is 0 Å². The summed E-state index contributed by atoms with van der Waals surface area (Å²) in [5.74, 6) is -1.51. The molecule has 8 heteroatoms. The predicted molar refractivity (Wildman–Crippen MR) is 252 cm³/mol. The fraction of sp³-hybridized carbons (Fsp3) is 0.750. The van der Waals surface area contributed by atoms with Crippen molar-refractivity contribution in [3.05, 3.63) is 60.8 Å². The van der Waals surface area contributed by atoms with E-state index in [1.807, 2.05) is 21.1 Å². The van der Waals surface area contributed by atoms with Gasteiger partial charge in [0.05, 0.1) is 34.4 Å². The van der Waals surface area contributed by atoms with Crippen LogP contribution in [0, 0.1) is 0 Å². The molecule has 0 aliphatic heterocycles. The molecule has 0 heterocycles. The van der Waals surface area contributed by atoms with Crippen molar-refractivity contribution < 1.29 is 38.2 Å². The van der Waals surface area contributed by atoms with Crippen LogP contribution < -0.4 is 0 Å². The molecule has 0 aliphatic rings. The van der Waals surface area contributed by atoms with E-state index >= 15 is 0 Å². The summed E-state index contributed by atoms with van der Waals surface area (Å²) in [6.45, 7) is 4.68. The van der Waals surface area contributed by atoms with E-state index < -0.39 is 18.1 Å². The summed E-state index contributed by atoms with van der Waals surface area (Å²) in [7, 11) is 5.52. The Labute approximate surface area is 368 Å². The van der Waals surface area contributed by atoms with E-state index in [4.69, 9.17) is 14.2 Å². The summed E-state index contributed by atoms with van der Waals surface area (Å²) in [5, 5.41) is 9.64. The number of nitrogens with zero attached hydrogens (tertiary/aromatic N) is 1. The van der Waals surface area contributed by atoms with Crippen LogP contribution in [0.5, 0.6) is 0 Å². The fourth-order valence-corrected chi connectivity index (χ4v) is 6.91. The molecule has 0 saturated carbocycles. The molecule has 0 aromatic heterocycles. The quantitative estimate of drug-likeness (QED) is 0.0282. The number of carboxylic acids is 1. The first-order valence-corrected chi connectivity index (χ1v) is 24.4. The molecule has 0 aliphatic carbocycles. The number of quaternary nitrogens is 1. The highest BCUT2D eigenvalue weighted by Gasteiger charge is 2.31. The lowest BCUT2D eigenvalue weighted by atomic mass is 10.1. The number of likely N-dealkylation sites (N-methyl/N-ethyl adjacent to an activating group) is 1. The molecule has 0 rings (SSSR count). The van der Waals surface area contributed by atoms with Gasteiger partial charge in [0.15, 0.2) is 12.1 Å². The van der Waals surface area contributed by atoms with Crippen LogP contribution in [-0.2, 0) is 28.6 Å². The molecule has 0 fully saturated rings. The maximum atomic E-state index is 12.8. The van der Waals surface area contributed by atoms with Crippen LogP contribution >= 0.6 is 0 Å². The molecule has 8 nitrogen and oxygen atoms in total. The molecule has 346 valence electrons. The summed E-state index contributed by atoms with van der Waals surface area (Å²) in [4.78, 5) is 37.1. The zero-order valence-corrected chi connectivity index (χ0v) is 39.4. The molecule has 60 heavy (non-hydrogen) atoms. The van der Waals surface area contributed by atoms with E-state index in [1.54, 1.807) is 0 Å². The number of ether oxygens (including phenoxy) is 3. The van der Waals surface area contributed by atoms with Crippen LogP contribution in [0.3, 0.4) is 0 Å². The van der Waals surface area contributed by atoms with Crippen molar-refractivity contribution in [2.75, 3.05) is 41.0 Å².